The van der Waals surface area contributed by atoms with E-state index in [1.807, 2.05) is 0 Å². The molecule has 0 aliphatic rings. The largest absolute Gasteiger partial charge is 0.481 e. The summed E-state index contributed by atoms with van der Waals surface area (Å²) in [7, 11) is 0. The van der Waals surface area contributed by atoms with E-state index in [4.69, 9.17) is 10.8 Å². The first-order valence-electron chi connectivity index (χ1n) is 16.1. The van der Waals surface area contributed by atoms with Gasteiger partial charge in [0.2, 0.25) is 5.91 Å². The van der Waals surface area contributed by atoms with Crippen molar-refractivity contribution in [2.24, 2.45) is 0 Å². The molecule has 0 saturated carbocycles. The lowest BCUT2D eigenvalue weighted by molar-refractivity contribution is -0.139. The van der Waals surface area contributed by atoms with Crippen molar-refractivity contribution in [2.45, 2.75) is 38.0 Å². The maximum atomic E-state index is 12.9. The van der Waals surface area contributed by atoms with Gasteiger partial charge in [-0.25, -0.2) is 9.97 Å². The van der Waals surface area contributed by atoms with Gasteiger partial charge in [-0.05, 0) is 62.4 Å². The highest BCUT2D eigenvalue weighted by Gasteiger charge is 2.31. The van der Waals surface area contributed by atoms with Gasteiger partial charge in [-0.1, -0.05) is 36.4 Å². The lowest BCUT2D eigenvalue weighted by Gasteiger charge is -2.13. The monoisotopic (exact) mass is 762 g/mol. The molecule has 2 unspecified atom stereocenters. The van der Waals surface area contributed by atoms with Crippen LogP contribution in [-0.4, -0.2) is 46.9 Å². The molecule has 6 aromatic rings. The quantitative estimate of drug-likeness (QED) is 0.134. The van der Waals surface area contributed by atoms with E-state index in [0.29, 0.717) is 45.5 Å². The number of carboxylic acid groups (broad SMARTS) is 1. The molecule has 6 rings (SSSR count). The number of rotatable bonds is 7. The van der Waals surface area contributed by atoms with Crippen LogP contribution < -0.4 is 11.1 Å². The van der Waals surface area contributed by atoms with Crippen molar-refractivity contribution in [1.82, 2.24) is 29.9 Å². The Labute approximate surface area is 310 Å². The molecule has 0 saturated heterocycles. The van der Waals surface area contributed by atoms with Crippen LogP contribution in [0.1, 0.15) is 48.2 Å². The average molecular weight is 763 g/mol. The molecule has 4 N–H and O–H groups in total. The zero-order chi connectivity index (χ0) is 40.2. The topological polar surface area (TPSA) is 170 Å². The first-order valence-corrected chi connectivity index (χ1v) is 16.1. The minimum Gasteiger partial charge on any atom is -0.481 e. The molecule has 0 fully saturated rings. The normalized spacial score (nSPS) is 12.1. The number of nitrogen functional groups attached to an aromatic ring is 1. The van der Waals surface area contributed by atoms with E-state index in [-0.39, 0.29) is 5.91 Å². The summed E-state index contributed by atoms with van der Waals surface area (Å²) < 4.78 is 76.9. The number of amides is 1. The van der Waals surface area contributed by atoms with Gasteiger partial charge < -0.3 is 16.2 Å². The zero-order valence-corrected chi connectivity index (χ0v) is 29.0. The van der Waals surface area contributed by atoms with Crippen molar-refractivity contribution in [1.29, 1.82) is 0 Å². The van der Waals surface area contributed by atoms with Crippen molar-refractivity contribution >= 4 is 23.5 Å². The highest BCUT2D eigenvalue weighted by Crippen LogP contribution is 2.33. The Morgan fingerprint density at radius 2 is 1.13 bits per heavy atom. The van der Waals surface area contributed by atoms with Gasteiger partial charge >= 0.3 is 18.3 Å². The smallest absolute Gasteiger partial charge is 0.416 e. The number of alkyl halides is 6. The number of halogens is 6. The highest BCUT2D eigenvalue weighted by atomic mass is 19.4. The molecule has 2 atom stereocenters. The fourth-order valence-corrected chi connectivity index (χ4v) is 4.59. The van der Waals surface area contributed by atoms with Gasteiger partial charge in [-0.2, -0.15) is 26.3 Å². The molecule has 55 heavy (non-hydrogen) atoms. The Bertz CT molecular complexity index is 2190. The van der Waals surface area contributed by atoms with Gasteiger partial charge in [0.1, 0.15) is 5.82 Å². The van der Waals surface area contributed by atoms with Crippen LogP contribution in [0.3, 0.4) is 0 Å². The Hall–Kier alpha value is -6.78. The molecule has 284 valence electrons. The number of carbonyl (C=O) groups is 2. The summed E-state index contributed by atoms with van der Waals surface area (Å²) in [5.41, 5.74) is 5.70. The number of nitrogens with one attached hydrogen (secondary N) is 1. The maximum Gasteiger partial charge on any atom is 0.416 e. The standard InChI is InChI=1S/C19H15F3N4O.C15H12F3NO2.C4H5N3/c1-12(18(27)26-17-11-23-8-9-24-17)15-6-3-7-16(25-15)13-4-2-5-14(10-13)19(20,21)22;1-9(14(20)21)12-6-3-7-13(19-12)10-4-2-5-11(8-10)15(16,17)18;5-4-3-6-1-2-7-4/h2-12H,1H3,(H,24,26,27);2-9H,1H3,(H,20,21);1-3H,(H2,5,7). The Morgan fingerprint density at radius 1 is 0.655 bits per heavy atom. The molecule has 4 heterocycles. The molecule has 11 nitrogen and oxygen atoms in total. The van der Waals surface area contributed by atoms with E-state index in [9.17, 15) is 35.9 Å². The summed E-state index contributed by atoms with van der Waals surface area (Å²) >= 11 is 0. The Kier molecular flexibility index (Phi) is 13.6. The van der Waals surface area contributed by atoms with Gasteiger partial charge in [-0.3, -0.25) is 29.5 Å². The summed E-state index contributed by atoms with van der Waals surface area (Å²) in [6.07, 6.45) is 0.119. The van der Waals surface area contributed by atoms with Gasteiger partial charge in [0.05, 0.1) is 58.1 Å². The van der Waals surface area contributed by atoms with Crippen LogP contribution in [0.2, 0.25) is 0 Å². The number of hydrogen-bond acceptors (Lipinski definition) is 9. The number of aliphatic carboxylic acids is 1. The third-order valence-corrected chi connectivity index (χ3v) is 7.56. The molecule has 0 radical (unpaired) electrons. The van der Waals surface area contributed by atoms with E-state index < -0.39 is 41.3 Å². The molecular formula is C38H32F6N8O3. The molecular weight excluding hydrogens is 730 g/mol. The first-order chi connectivity index (χ1) is 26.0. The Balaban J connectivity index is 0.000000212. The van der Waals surface area contributed by atoms with Crippen LogP contribution >= 0.6 is 0 Å². The minimum atomic E-state index is -4.43. The number of nitrogens with zero attached hydrogens (tertiary/aromatic N) is 6. The van der Waals surface area contributed by atoms with Crippen LogP contribution in [0.4, 0.5) is 38.0 Å². The average Bonchev–Trinajstić information content (AvgIpc) is 3.18. The summed E-state index contributed by atoms with van der Waals surface area (Å²) in [6.45, 7) is 3.13. The number of anilines is 2. The number of aromatic nitrogens is 6. The number of carboxylic acids is 1. The molecule has 4 aromatic heterocycles. The predicted molar refractivity (Wildman–Crippen MR) is 191 cm³/mol. The number of carbonyl (C=O) groups excluding carboxylic acids is 1. The SMILES string of the molecule is CC(C(=O)Nc1cnccn1)c1cccc(-c2cccc(C(F)(F)F)c2)n1.CC(C(=O)O)c1cccc(-c2cccc(C(F)(F)F)c2)n1.Nc1cnccn1. The van der Waals surface area contributed by atoms with E-state index in [1.54, 1.807) is 55.7 Å². The van der Waals surface area contributed by atoms with Crippen LogP contribution in [0.5, 0.6) is 0 Å². The second-order valence-corrected chi connectivity index (χ2v) is 11.5. The molecule has 0 bridgehead atoms. The van der Waals surface area contributed by atoms with Crippen molar-refractivity contribution in [3.8, 4) is 22.5 Å². The third kappa shape index (κ3) is 12.1. The minimum absolute atomic E-state index is 0.296. The number of pyridine rings is 2. The van der Waals surface area contributed by atoms with E-state index in [1.165, 1.54) is 56.0 Å². The van der Waals surface area contributed by atoms with E-state index in [2.05, 4.69) is 35.2 Å². The van der Waals surface area contributed by atoms with Gasteiger partial charge in [0.25, 0.3) is 0 Å². The Morgan fingerprint density at radius 3 is 1.53 bits per heavy atom. The van der Waals surface area contributed by atoms with Crippen LogP contribution in [-0.2, 0) is 21.9 Å². The van der Waals surface area contributed by atoms with E-state index >= 15 is 0 Å². The number of hydrogen-bond donors (Lipinski definition) is 3. The fraction of sp³-hybridized carbons (Fsp3) is 0.158. The van der Waals surface area contributed by atoms with E-state index in [0.717, 1.165) is 24.3 Å². The zero-order valence-electron chi connectivity index (χ0n) is 29.0. The third-order valence-electron chi connectivity index (χ3n) is 7.56. The number of benzene rings is 2. The van der Waals surface area contributed by atoms with Crippen molar-refractivity contribution < 1.29 is 41.0 Å². The van der Waals surface area contributed by atoms with Crippen molar-refractivity contribution in [3.05, 3.63) is 145 Å². The molecule has 0 spiro atoms. The lowest BCUT2D eigenvalue weighted by atomic mass is 10.0. The van der Waals surface area contributed by atoms with Crippen molar-refractivity contribution in [3.63, 3.8) is 0 Å². The maximum absolute atomic E-state index is 12.9. The van der Waals surface area contributed by atoms with Crippen molar-refractivity contribution in [2.75, 3.05) is 11.1 Å². The van der Waals surface area contributed by atoms with Crippen LogP contribution in [0.25, 0.3) is 22.5 Å². The number of nitrogens with two attached hydrogens (primary N) is 1. The van der Waals surface area contributed by atoms with Crippen LogP contribution in [0.15, 0.2) is 122 Å². The summed E-state index contributed by atoms with van der Waals surface area (Å²) in [5, 5.41) is 11.6. The molecule has 1 amide bonds. The first kappa shape index (κ1) is 41.0. The second kappa shape index (κ2) is 18.3. The molecule has 0 aliphatic carbocycles. The highest BCUT2D eigenvalue weighted by molar-refractivity contribution is 5.94. The van der Waals surface area contributed by atoms with Crippen LogP contribution in [0, 0.1) is 0 Å². The summed E-state index contributed by atoms with van der Waals surface area (Å²) in [6, 6.07) is 19.3. The predicted octanol–water partition coefficient (Wildman–Crippen LogP) is 8.31. The second-order valence-electron chi connectivity index (χ2n) is 11.5. The molecule has 17 heteroatoms. The van der Waals surface area contributed by atoms with Gasteiger partial charge in [0.15, 0.2) is 5.82 Å². The molecule has 0 aliphatic heterocycles. The fourth-order valence-electron chi connectivity index (χ4n) is 4.59. The lowest BCUT2D eigenvalue weighted by Crippen LogP contribution is -2.20. The summed E-state index contributed by atoms with van der Waals surface area (Å²) in [4.78, 5) is 47.1. The summed E-state index contributed by atoms with van der Waals surface area (Å²) in [5.74, 6) is -2.06. The van der Waals surface area contributed by atoms with Gasteiger partial charge in [-0.15, -0.1) is 0 Å². The molecule has 2 aromatic carbocycles. The van der Waals surface area contributed by atoms with Gasteiger partial charge in [0, 0.05) is 35.9 Å².